The number of halogens is 2. The second-order valence-corrected chi connectivity index (χ2v) is 12.0. The Hall–Kier alpha value is -2.69. The zero-order valence-electron chi connectivity index (χ0n) is 21.9. The number of carbonyl (C=O) groups excluding carboxylic acids is 2. The Morgan fingerprint density at radius 1 is 1.08 bits per heavy atom. The molecule has 0 bridgehead atoms. The summed E-state index contributed by atoms with van der Waals surface area (Å²) in [5.74, 6) is 0.413. The highest BCUT2D eigenvalue weighted by Crippen LogP contribution is 2.36. The molecule has 0 unspecified atom stereocenters. The van der Waals surface area contributed by atoms with Crippen LogP contribution in [0.2, 0.25) is 10.0 Å². The molecule has 2 aromatic carbocycles. The number of benzene rings is 2. The van der Waals surface area contributed by atoms with Gasteiger partial charge in [0.25, 0.3) is 0 Å². The van der Waals surface area contributed by atoms with E-state index in [2.05, 4.69) is 5.32 Å². The second kappa shape index (κ2) is 12.9. The van der Waals surface area contributed by atoms with E-state index in [1.54, 1.807) is 43.3 Å². The summed E-state index contributed by atoms with van der Waals surface area (Å²) in [4.78, 5) is 27.8. The summed E-state index contributed by atoms with van der Waals surface area (Å²) < 4.78 is 37.0. The van der Waals surface area contributed by atoms with Gasteiger partial charge >= 0.3 is 0 Å². The predicted octanol–water partition coefficient (Wildman–Crippen LogP) is 4.60. The molecule has 0 saturated heterocycles. The number of nitrogens with one attached hydrogen (secondary N) is 1. The zero-order valence-corrected chi connectivity index (χ0v) is 24.2. The lowest BCUT2D eigenvalue weighted by Crippen LogP contribution is -2.49. The lowest BCUT2D eigenvalue weighted by molar-refractivity contribution is -0.140. The van der Waals surface area contributed by atoms with E-state index >= 15 is 0 Å². The third-order valence-electron chi connectivity index (χ3n) is 6.32. The maximum absolute atomic E-state index is 13.4. The highest BCUT2D eigenvalue weighted by molar-refractivity contribution is 7.92. The summed E-state index contributed by atoms with van der Waals surface area (Å²) in [7, 11) is -3.64. The van der Waals surface area contributed by atoms with Gasteiger partial charge in [-0.3, -0.25) is 13.9 Å². The van der Waals surface area contributed by atoms with Crippen molar-refractivity contribution in [3.63, 3.8) is 0 Å². The van der Waals surface area contributed by atoms with Gasteiger partial charge in [-0.25, -0.2) is 8.42 Å². The van der Waals surface area contributed by atoms with Crippen LogP contribution >= 0.6 is 23.2 Å². The van der Waals surface area contributed by atoms with Gasteiger partial charge in [-0.15, -0.1) is 0 Å². The Morgan fingerprint density at radius 2 is 1.79 bits per heavy atom. The molecule has 0 spiro atoms. The van der Waals surface area contributed by atoms with Crippen LogP contribution in [0.25, 0.3) is 0 Å². The van der Waals surface area contributed by atoms with Gasteiger partial charge in [0.05, 0.1) is 11.9 Å². The van der Waals surface area contributed by atoms with Crippen LogP contribution < -0.4 is 19.1 Å². The van der Waals surface area contributed by atoms with Crippen molar-refractivity contribution in [2.45, 2.75) is 58.7 Å². The Labute approximate surface area is 234 Å². The molecule has 208 valence electrons. The minimum Gasteiger partial charge on any atom is -0.454 e. The third kappa shape index (κ3) is 7.68. The predicted molar refractivity (Wildman–Crippen MR) is 148 cm³/mol. The Morgan fingerprint density at radius 3 is 2.45 bits per heavy atom. The molecule has 2 amide bonds. The van der Waals surface area contributed by atoms with Gasteiger partial charge in [-0.05, 0) is 56.5 Å². The van der Waals surface area contributed by atoms with Crippen molar-refractivity contribution in [1.29, 1.82) is 0 Å². The molecule has 1 heterocycles. The molecule has 1 aliphatic rings. The first kappa shape index (κ1) is 29.9. The molecular formula is C26H33Cl2N3O6S. The van der Waals surface area contributed by atoms with Crippen LogP contribution in [0.5, 0.6) is 11.5 Å². The molecule has 0 fully saturated rings. The summed E-state index contributed by atoms with van der Waals surface area (Å²) in [6.45, 7) is 5.74. The molecule has 1 N–H and O–H groups in total. The number of hydrogen-bond donors (Lipinski definition) is 1. The van der Waals surface area contributed by atoms with Gasteiger partial charge in [0.2, 0.25) is 28.6 Å². The van der Waals surface area contributed by atoms with E-state index in [1.165, 1.54) is 9.21 Å². The van der Waals surface area contributed by atoms with E-state index in [9.17, 15) is 18.0 Å². The fourth-order valence-electron chi connectivity index (χ4n) is 3.93. The van der Waals surface area contributed by atoms with Crippen LogP contribution in [0.3, 0.4) is 0 Å². The number of sulfonamides is 1. The first-order valence-electron chi connectivity index (χ1n) is 12.3. The number of anilines is 1. The number of nitrogens with zero attached hydrogens (tertiary/aromatic N) is 2. The molecule has 38 heavy (non-hydrogen) atoms. The normalized spacial score (nSPS) is 14.1. The van der Waals surface area contributed by atoms with Gasteiger partial charge in [0.15, 0.2) is 11.5 Å². The van der Waals surface area contributed by atoms with Gasteiger partial charge < -0.3 is 19.7 Å². The lowest BCUT2D eigenvalue weighted by Gasteiger charge is -2.30. The average molecular weight is 587 g/mol. The van der Waals surface area contributed by atoms with Crippen LogP contribution in [-0.4, -0.2) is 56.8 Å². The van der Waals surface area contributed by atoms with E-state index in [-0.39, 0.29) is 50.6 Å². The fourth-order valence-corrected chi connectivity index (χ4v) is 5.35. The molecule has 0 aromatic heterocycles. The van der Waals surface area contributed by atoms with E-state index in [4.69, 9.17) is 32.7 Å². The number of ether oxygens (including phenoxy) is 2. The van der Waals surface area contributed by atoms with Crippen molar-refractivity contribution < 1.29 is 27.5 Å². The fraction of sp³-hybridized carbons (Fsp3) is 0.462. The molecule has 2 atom stereocenters. The maximum Gasteiger partial charge on any atom is 0.242 e. The smallest absolute Gasteiger partial charge is 0.242 e. The van der Waals surface area contributed by atoms with Gasteiger partial charge in [-0.2, -0.15) is 0 Å². The number of hydrogen-bond acceptors (Lipinski definition) is 6. The first-order chi connectivity index (χ1) is 17.9. The van der Waals surface area contributed by atoms with Crippen LogP contribution in [-0.2, 0) is 26.2 Å². The van der Waals surface area contributed by atoms with Crippen molar-refractivity contribution in [2.24, 2.45) is 0 Å². The monoisotopic (exact) mass is 585 g/mol. The first-order valence-corrected chi connectivity index (χ1v) is 14.9. The van der Waals surface area contributed by atoms with E-state index in [0.29, 0.717) is 32.8 Å². The largest absolute Gasteiger partial charge is 0.454 e. The van der Waals surface area contributed by atoms with Crippen molar-refractivity contribution in [3.8, 4) is 11.5 Å². The van der Waals surface area contributed by atoms with E-state index in [1.807, 2.05) is 13.8 Å². The molecule has 2 aromatic rings. The number of fused-ring (bicyclic) bond motifs is 1. The molecule has 12 heteroatoms. The SMILES string of the molecule is CC[C@H](C)NC(=O)[C@H](C)N(Cc1ccc(Cl)cc1Cl)C(=O)CCCN(c1ccc2c(c1)OCO2)S(C)(=O)=O. The molecule has 0 radical (unpaired) electrons. The Balaban J connectivity index is 1.76. The van der Waals surface area contributed by atoms with Crippen molar-refractivity contribution >= 4 is 50.7 Å². The van der Waals surface area contributed by atoms with Crippen molar-refractivity contribution in [1.82, 2.24) is 10.2 Å². The molecule has 0 aliphatic carbocycles. The van der Waals surface area contributed by atoms with Crippen LogP contribution in [0.4, 0.5) is 5.69 Å². The molecule has 9 nitrogen and oxygen atoms in total. The summed E-state index contributed by atoms with van der Waals surface area (Å²) in [5, 5.41) is 3.76. The quantitative estimate of drug-likeness (QED) is 0.390. The second-order valence-electron chi connectivity index (χ2n) is 9.23. The zero-order chi connectivity index (χ0) is 28.0. The topological polar surface area (TPSA) is 105 Å². The molecule has 0 saturated carbocycles. The van der Waals surface area contributed by atoms with Crippen LogP contribution in [0, 0.1) is 0 Å². The number of carbonyl (C=O) groups is 2. The minimum absolute atomic E-state index is 0.0166. The van der Waals surface area contributed by atoms with E-state index < -0.39 is 16.1 Å². The maximum atomic E-state index is 13.4. The van der Waals surface area contributed by atoms with Crippen LogP contribution in [0.1, 0.15) is 45.6 Å². The highest BCUT2D eigenvalue weighted by Gasteiger charge is 2.28. The summed E-state index contributed by atoms with van der Waals surface area (Å²) in [5.41, 5.74) is 1.06. The van der Waals surface area contributed by atoms with Gasteiger partial charge in [0.1, 0.15) is 6.04 Å². The lowest BCUT2D eigenvalue weighted by atomic mass is 10.1. The summed E-state index contributed by atoms with van der Waals surface area (Å²) in [6, 6.07) is 9.03. The Bertz CT molecular complexity index is 1270. The highest BCUT2D eigenvalue weighted by atomic mass is 35.5. The van der Waals surface area contributed by atoms with Crippen molar-refractivity contribution in [2.75, 3.05) is 23.9 Å². The summed E-state index contributed by atoms with van der Waals surface area (Å²) in [6.07, 6.45) is 2.10. The molecule has 1 aliphatic heterocycles. The third-order valence-corrected chi connectivity index (χ3v) is 8.10. The van der Waals surface area contributed by atoms with E-state index in [0.717, 1.165) is 12.7 Å². The molecule has 3 rings (SSSR count). The van der Waals surface area contributed by atoms with Crippen molar-refractivity contribution in [3.05, 3.63) is 52.0 Å². The average Bonchev–Trinajstić information content (AvgIpc) is 3.32. The number of rotatable bonds is 12. The van der Waals surface area contributed by atoms with Crippen LogP contribution in [0.15, 0.2) is 36.4 Å². The molecular weight excluding hydrogens is 553 g/mol. The Kier molecular flexibility index (Phi) is 10.1. The summed E-state index contributed by atoms with van der Waals surface area (Å²) >= 11 is 12.4. The standard InChI is InChI=1S/C26H33Cl2N3O6S/c1-5-17(2)29-26(33)18(3)30(15-19-8-9-20(27)13-22(19)28)25(32)7-6-12-31(38(4,34)35)21-10-11-23-24(14-21)37-16-36-23/h8-11,13-14,17-18H,5-7,12,15-16H2,1-4H3,(H,29,33)/t17-,18-/m0/s1. The number of amides is 2. The van der Waals surface area contributed by atoms with Gasteiger partial charge in [-0.1, -0.05) is 36.2 Å². The minimum atomic E-state index is -3.64. The van der Waals surface area contributed by atoms with Gasteiger partial charge in [0, 0.05) is 41.7 Å².